The van der Waals surface area contributed by atoms with Crippen LogP contribution < -0.4 is 16.0 Å². The molecule has 3 atom stereocenters. The Balaban J connectivity index is -0.000000206. The van der Waals surface area contributed by atoms with Crippen molar-refractivity contribution in [1.29, 1.82) is 0 Å². The Kier molecular flexibility index (Phi) is 50.6. The van der Waals surface area contributed by atoms with E-state index in [1.807, 2.05) is 52.9 Å². The Morgan fingerprint density at radius 1 is 0.900 bits per heavy atom. The van der Waals surface area contributed by atoms with E-state index in [1.54, 1.807) is 6.92 Å². The number of aromatic nitrogens is 2. The van der Waals surface area contributed by atoms with Crippen LogP contribution in [0.25, 0.3) is 0 Å². The molecule has 6 N–H and O–H groups in total. The second-order valence-corrected chi connectivity index (χ2v) is 15.9. The molecule has 1 aromatic heterocycles. The molecule has 2 amide bonds. The number of hydrogen-bond donors (Lipinski definition) is 6. The lowest BCUT2D eigenvalue weighted by molar-refractivity contribution is -0.141. The van der Waals surface area contributed by atoms with Gasteiger partial charge in [0.15, 0.2) is 0 Å². The van der Waals surface area contributed by atoms with Crippen molar-refractivity contribution in [2.75, 3.05) is 34.9 Å². The minimum atomic E-state index is -4.23. The summed E-state index contributed by atoms with van der Waals surface area (Å²) in [6.07, 6.45) is 12.0. The van der Waals surface area contributed by atoms with Crippen molar-refractivity contribution in [2.24, 2.45) is 5.92 Å². The monoisotopic (exact) mass is 894 g/mol. The summed E-state index contributed by atoms with van der Waals surface area (Å²) < 4.78 is 24.3. The van der Waals surface area contributed by atoms with E-state index in [1.165, 1.54) is 51.2 Å². The predicted octanol–water partition coefficient (Wildman–Crippen LogP) is 7.08. The third-order valence-corrected chi connectivity index (χ3v) is 10.4. The Morgan fingerprint density at radius 2 is 1.45 bits per heavy atom. The van der Waals surface area contributed by atoms with Gasteiger partial charge in [-0.3, -0.25) is 28.7 Å². The summed E-state index contributed by atoms with van der Waals surface area (Å²) in [5.41, 5.74) is -0.126. The van der Waals surface area contributed by atoms with Gasteiger partial charge < -0.3 is 49.4 Å². The zero-order valence-electron chi connectivity index (χ0n) is 38.3. The van der Waals surface area contributed by atoms with Crippen molar-refractivity contribution in [3.63, 3.8) is 0 Å². The number of unbranched alkanes of at least 4 members (excludes halogenated alkanes) is 2. The van der Waals surface area contributed by atoms with Gasteiger partial charge in [0.1, 0.15) is 12.0 Å². The first-order valence-electron chi connectivity index (χ1n) is 20.1. The molecule has 0 saturated heterocycles. The van der Waals surface area contributed by atoms with Crippen LogP contribution in [0.2, 0.25) is 0 Å². The van der Waals surface area contributed by atoms with Crippen LogP contribution in [0.3, 0.4) is 0 Å². The lowest BCUT2D eigenvalue weighted by atomic mass is 10.0. The number of rotatable bonds is 18. The van der Waals surface area contributed by atoms with Gasteiger partial charge in [0.05, 0.1) is 27.0 Å². The fourth-order valence-corrected chi connectivity index (χ4v) is 5.82. The summed E-state index contributed by atoms with van der Waals surface area (Å²) in [6.45, 7) is 18.5. The number of ether oxygens (including phenoxy) is 2. The summed E-state index contributed by atoms with van der Waals surface area (Å²) in [7, 11) is -1.21. The number of aryl methyl sites for hydroxylation is 1. The molecule has 1 heterocycles. The van der Waals surface area contributed by atoms with Crippen LogP contribution in [0.5, 0.6) is 0 Å². The number of benzene rings is 1. The van der Waals surface area contributed by atoms with Crippen LogP contribution in [0.4, 0.5) is 0 Å². The molecule has 0 bridgehead atoms. The number of amides is 2. The third-order valence-electron chi connectivity index (χ3n) is 7.05. The number of aldehydes is 1. The van der Waals surface area contributed by atoms with E-state index in [0.29, 0.717) is 25.5 Å². The third kappa shape index (κ3) is 43.9. The van der Waals surface area contributed by atoms with E-state index in [2.05, 4.69) is 79.7 Å². The highest BCUT2D eigenvalue weighted by Crippen LogP contribution is 2.56. The molecule has 0 spiro atoms. The van der Waals surface area contributed by atoms with E-state index in [0.717, 1.165) is 38.3 Å². The Morgan fingerprint density at radius 3 is 1.77 bits per heavy atom. The molecule has 1 aromatic carbocycles. The molecule has 19 heteroatoms. The van der Waals surface area contributed by atoms with Gasteiger partial charge in [-0.15, -0.1) is 0 Å². The van der Waals surface area contributed by atoms with Crippen molar-refractivity contribution >= 4 is 46.0 Å². The predicted molar refractivity (Wildman–Crippen MR) is 239 cm³/mol. The molecule has 0 saturated carbocycles. The van der Waals surface area contributed by atoms with Crippen LogP contribution in [-0.4, -0.2) is 101 Å². The Labute approximate surface area is 361 Å². The number of carbonyl (C=O) groups is 5. The topological polar surface area (TPSA) is 253 Å². The molecule has 0 aliphatic rings. The second-order valence-electron chi connectivity index (χ2n) is 12.4. The minimum absolute atomic E-state index is 0.00456. The molecule has 0 fully saturated rings. The van der Waals surface area contributed by atoms with Crippen LogP contribution in [0.1, 0.15) is 129 Å². The molecular formula is C41H77N5O12P2. The lowest BCUT2D eigenvalue weighted by Crippen LogP contribution is -2.33. The largest absolute Gasteiger partial charge is 0.469 e. The average Bonchev–Trinajstić information content (AvgIpc) is 3.26. The smallest absolute Gasteiger partial charge is 0.359 e. The SMILES string of the molecule is CC.CCC(=O)OC.CCC(CC(C)C)NC.CCCCC(=O)NC(P(O)O)P(=O)(O)OC.CCCCC(=O)OC.Cc1ccccc1.O=CCNC(=O)c1cnccn1. The van der Waals surface area contributed by atoms with Crippen molar-refractivity contribution in [1.82, 2.24) is 25.9 Å². The van der Waals surface area contributed by atoms with Crippen molar-refractivity contribution in [3.8, 4) is 0 Å². The quantitative estimate of drug-likeness (QED) is 0.0497. The van der Waals surface area contributed by atoms with Crippen LogP contribution in [0, 0.1) is 12.8 Å². The number of nitrogens with zero attached hydrogens (tertiary/aromatic N) is 2. The molecular weight excluding hydrogens is 816 g/mol. The molecule has 17 nitrogen and oxygen atoms in total. The van der Waals surface area contributed by atoms with Crippen LogP contribution in [-0.2, 0) is 37.7 Å². The van der Waals surface area contributed by atoms with Crippen molar-refractivity contribution < 1.29 is 57.2 Å². The first-order chi connectivity index (χ1) is 28.4. The summed E-state index contributed by atoms with van der Waals surface area (Å²) in [5, 5.41) is 7.72. The number of nitrogens with one attached hydrogen (secondary N) is 3. The zero-order chi connectivity index (χ0) is 47.4. The number of hydrogen-bond acceptors (Lipinski definition) is 14. The van der Waals surface area contributed by atoms with Gasteiger partial charge in [-0.25, -0.2) is 4.98 Å². The van der Waals surface area contributed by atoms with Crippen molar-refractivity contribution in [3.05, 3.63) is 60.2 Å². The molecule has 2 rings (SSSR count). The minimum Gasteiger partial charge on any atom is -0.469 e. The molecule has 2 aromatic rings. The Bertz CT molecular complexity index is 1350. The summed E-state index contributed by atoms with van der Waals surface area (Å²) >= 11 is 0. The van der Waals surface area contributed by atoms with Crippen molar-refractivity contribution in [2.45, 2.75) is 132 Å². The Hall–Kier alpha value is -3.69. The summed E-state index contributed by atoms with van der Waals surface area (Å²) in [4.78, 5) is 87.1. The highest BCUT2D eigenvalue weighted by molar-refractivity contribution is 7.68. The second kappa shape index (κ2) is 46.4. The first-order valence-corrected chi connectivity index (χ1v) is 23.0. The molecule has 60 heavy (non-hydrogen) atoms. The van der Waals surface area contributed by atoms with E-state index in [4.69, 9.17) is 9.79 Å². The normalized spacial score (nSPS) is 11.5. The van der Waals surface area contributed by atoms with E-state index < -0.39 is 33.3 Å². The molecule has 0 aliphatic heterocycles. The number of esters is 2. The van der Waals surface area contributed by atoms with E-state index in [9.17, 15) is 33.4 Å². The van der Waals surface area contributed by atoms with Gasteiger partial charge >= 0.3 is 19.5 Å². The van der Waals surface area contributed by atoms with Gasteiger partial charge in [0, 0.05) is 44.8 Å². The van der Waals surface area contributed by atoms with E-state index in [-0.39, 0.29) is 30.6 Å². The fraction of sp³-hybridized carbons (Fsp3) is 0.634. The zero-order valence-corrected chi connectivity index (χ0v) is 40.1. The number of carbonyl (C=O) groups excluding carboxylic acids is 5. The van der Waals surface area contributed by atoms with Gasteiger partial charge in [0.2, 0.25) is 19.8 Å². The van der Waals surface area contributed by atoms with Crippen LogP contribution in [0.15, 0.2) is 48.9 Å². The molecule has 0 aliphatic carbocycles. The van der Waals surface area contributed by atoms with Gasteiger partial charge in [0.25, 0.3) is 5.91 Å². The fourth-order valence-electron chi connectivity index (χ4n) is 3.72. The summed E-state index contributed by atoms with van der Waals surface area (Å²) in [6, 6.07) is 11.0. The molecule has 0 radical (unpaired) electrons. The number of methoxy groups -OCH3 is 2. The van der Waals surface area contributed by atoms with E-state index >= 15 is 0 Å². The molecule has 3 unspecified atom stereocenters. The van der Waals surface area contributed by atoms with Gasteiger partial charge in [-0.1, -0.05) is 104 Å². The summed E-state index contributed by atoms with van der Waals surface area (Å²) in [5.74, 6) is -0.340. The lowest BCUT2D eigenvalue weighted by Gasteiger charge is -2.22. The maximum absolute atomic E-state index is 11.3. The highest BCUT2D eigenvalue weighted by Gasteiger charge is 2.38. The first kappa shape index (κ1) is 65.4. The highest BCUT2D eigenvalue weighted by atomic mass is 31.2. The average molecular weight is 894 g/mol. The maximum atomic E-state index is 11.3. The van der Waals surface area contributed by atoms with Gasteiger partial charge in [-0.2, -0.15) is 0 Å². The molecule has 348 valence electrons. The maximum Gasteiger partial charge on any atom is 0.359 e. The standard InChI is InChI=1S/C8H19N.C7H7N3O2.C7H17NO6P2.C7H8.C6H12O2.C4H8O2.C2H6/c1-5-8(9-4)6-7(2)3;11-4-3-10-7(12)6-5-8-1-2-9-6;1-3-4-5-6(9)8-7(15(10)11)16(12,13)14-2;1-7-5-3-2-4-6-7;1-3-4-5-6(7)8-2;1-3-4(5)6-2;1-2/h7-9H,5-6H2,1-4H3;1-2,4-5H,3H2,(H,10,12);7,10-11H,3-5H2,1-2H3,(H,8,9)(H,12,13);2-6H,1H3;3-5H2,1-2H3;3H2,1-2H3;1-2H3. The van der Waals surface area contributed by atoms with Crippen LogP contribution >= 0.6 is 16.0 Å². The van der Waals surface area contributed by atoms with Gasteiger partial charge in [-0.05, 0) is 45.6 Å².